The molecule has 0 fully saturated rings. The molecule has 5 heteroatoms. The van der Waals surface area contributed by atoms with Crippen LogP contribution in [-0.2, 0) is 23.8 Å². The Hall–Kier alpha value is -1.62. The van der Waals surface area contributed by atoms with Gasteiger partial charge < -0.3 is 14.2 Å². The maximum absolute atomic E-state index is 12.8. The Bertz CT molecular complexity index is 913. The van der Waals surface area contributed by atoms with Crippen LogP contribution in [0.15, 0.2) is 24.3 Å². The first-order chi connectivity index (χ1) is 29.6. The van der Waals surface area contributed by atoms with E-state index in [0.717, 1.165) is 44.9 Å². The Morgan fingerprint density at radius 3 is 1.13 bits per heavy atom. The van der Waals surface area contributed by atoms with Crippen LogP contribution in [-0.4, -0.2) is 37.9 Å². The van der Waals surface area contributed by atoms with Crippen LogP contribution < -0.4 is 0 Å². The zero-order valence-corrected chi connectivity index (χ0v) is 40.7. The van der Waals surface area contributed by atoms with Crippen molar-refractivity contribution in [3.05, 3.63) is 24.3 Å². The fourth-order valence-electron chi connectivity index (χ4n) is 7.95. The first kappa shape index (κ1) is 58.4. The van der Waals surface area contributed by atoms with Gasteiger partial charge in [-0.15, -0.1) is 0 Å². The average molecular weight is 845 g/mol. The standard InChI is InChI=1S/C55H104O5/c1-4-7-10-13-16-18-20-22-24-26-28-30-32-34-36-38-40-42-45-48-54(56)59-52-53(51-58-50-47-44-15-12-9-6-3)60-55(57)49-46-43-41-39-37-35-33-31-29-27-25-23-21-19-17-14-11-8-5-2/h16,18,22,24,53H,4-15,17,19-21,23,25-52H2,1-3H3/b18-16-,24-22-. The SMILES string of the molecule is CCCCC/C=C\C/C=C\CCCCCCCCCCCC(=O)OCC(COCCCCCCCC)OC(=O)CCCCCCCCCCCCCCCCCCCCC. The predicted molar refractivity (Wildman–Crippen MR) is 261 cm³/mol. The van der Waals surface area contributed by atoms with Crippen LogP contribution in [0.2, 0.25) is 0 Å². The number of ether oxygens (including phenoxy) is 3. The molecule has 0 rings (SSSR count). The first-order valence-corrected chi connectivity index (χ1v) is 26.9. The second-order valence-corrected chi connectivity index (χ2v) is 18.1. The molecule has 0 aromatic heterocycles. The summed E-state index contributed by atoms with van der Waals surface area (Å²) in [5, 5.41) is 0. The minimum atomic E-state index is -0.528. The van der Waals surface area contributed by atoms with Crippen molar-refractivity contribution >= 4 is 11.9 Å². The first-order valence-electron chi connectivity index (χ1n) is 26.9. The third-order valence-electron chi connectivity index (χ3n) is 12.0. The van der Waals surface area contributed by atoms with Gasteiger partial charge in [0, 0.05) is 19.4 Å². The molecule has 60 heavy (non-hydrogen) atoms. The molecule has 0 N–H and O–H groups in total. The molecule has 0 radical (unpaired) electrons. The fraction of sp³-hybridized carbons (Fsp3) is 0.891. The zero-order chi connectivity index (χ0) is 43.5. The van der Waals surface area contributed by atoms with Gasteiger partial charge >= 0.3 is 11.9 Å². The van der Waals surface area contributed by atoms with Gasteiger partial charge in [0.1, 0.15) is 6.61 Å². The molecule has 1 atom stereocenters. The van der Waals surface area contributed by atoms with Gasteiger partial charge in [-0.05, 0) is 51.4 Å². The molecular weight excluding hydrogens is 741 g/mol. The highest BCUT2D eigenvalue weighted by molar-refractivity contribution is 5.70. The number of rotatable bonds is 50. The maximum Gasteiger partial charge on any atom is 0.306 e. The lowest BCUT2D eigenvalue weighted by Crippen LogP contribution is -2.30. The normalized spacial score (nSPS) is 12.2. The van der Waals surface area contributed by atoms with Crippen molar-refractivity contribution in [2.75, 3.05) is 19.8 Å². The van der Waals surface area contributed by atoms with Crippen LogP contribution in [0.4, 0.5) is 0 Å². The lowest BCUT2D eigenvalue weighted by molar-refractivity contribution is -0.163. The molecule has 5 nitrogen and oxygen atoms in total. The molecule has 0 aliphatic rings. The second kappa shape index (κ2) is 51.7. The summed E-state index contributed by atoms with van der Waals surface area (Å²) in [4.78, 5) is 25.3. The van der Waals surface area contributed by atoms with Crippen LogP contribution >= 0.6 is 0 Å². The molecule has 0 bridgehead atoms. The Morgan fingerprint density at radius 2 is 0.700 bits per heavy atom. The topological polar surface area (TPSA) is 61.8 Å². The summed E-state index contributed by atoms with van der Waals surface area (Å²) in [5.74, 6) is -0.387. The Labute approximate surface area is 375 Å². The molecule has 0 aromatic carbocycles. The summed E-state index contributed by atoms with van der Waals surface area (Å²) in [6.45, 7) is 7.82. The third-order valence-corrected chi connectivity index (χ3v) is 12.0. The minimum absolute atomic E-state index is 0.0895. The van der Waals surface area contributed by atoms with Gasteiger partial charge in [-0.3, -0.25) is 9.59 Å². The van der Waals surface area contributed by atoms with Crippen molar-refractivity contribution in [3.63, 3.8) is 0 Å². The smallest absolute Gasteiger partial charge is 0.306 e. The van der Waals surface area contributed by atoms with Crippen LogP contribution in [0.3, 0.4) is 0 Å². The molecule has 354 valence electrons. The summed E-state index contributed by atoms with van der Waals surface area (Å²) < 4.78 is 17.3. The van der Waals surface area contributed by atoms with Gasteiger partial charge in [-0.2, -0.15) is 0 Å². The minimum Gasteiger partial charge on any atom is -0.462 e. The van der Waals surface area contributed by atoms with E-state index in [1.54, 1.807) is 0 Å². The largest absolute Gasteiger partial charge is 0.462 e. The predicted octanol–water partition coefficient (Wildman–Crippen LogP) is 18.0. The summed E-state index contributed by atoms with van der Waals surface area (Å²) >= 11 is 0. The van der Waals surface area contributed by atoms with Gasteiger partial charge in [0.15, 0.2) is 6.10 Å². The second-order valence-electron chi connectivity index (χ2n) is 18.1. The van der Waals surface area contributed by atoms with Crippen LogP contribution in [0.25, 0.3) is 0 Å². The van der Waals surface area contributed by atoms with Crippen molar-refractivity contribution in [2.24, 2.45) is 0 Å². The van der Waals surface area contributed by atoms with Crippen LogP contribution in [0.5, 0.6) is 0 Å². The summed E-state index contributed by atoms with van der Waals surface area (Å²) in [6.07, 6.45) is 60.6. The van der Waals surface area contributed by atoms with Crippen molar-refractivity contribution in [3.8, 4) is 0 Å². The summed E-state index contributed by atoms with van der Waals surface area (Å²) in [5.41, 5.74) is 0. The Balaban J connectivity index is 4.01. The number of hydrogen-bond donors (Lipinski definition) is 0. The van der Waals surface area contributed by atoms with Crippen molar-refractivity contribution in [1.29, 1.82) is 0 Å². The van der Waals surface area contributed by atoms with Gasteiger partial charge in [-0.25, -0.2) is 0 Å². The van der Waals surface area contributed by atoms with E-state index in [9.17, 15) is 9.59 Å². The summed E-state index contributed by atoms with van der Waals surface area (Å²) in [7, 11) is 0. The molecule has 0 aromatic rings. The lowest BCUT2D eigenvalue weighted by Gasteiger charge is -2.18. The Kier molecular flexibility index (Phi) is 50.3. The quantitative estimate of drug-likeness (QED) is 0.0347. The van der Waals surface area contributed by atoms with Crippen molar-refractivity contribution < 1.29 is 23.8 Å². The van der Waals surface area contributed by atoms with E-state index < -0.39 is 6.10 Å². The maximum atomic E-state index is 12.8. The molecule has 1 unspecified atom stereocenters. The molecule has 0 aliphatic carbocycles. The highest BCUT2D eigenvalue weighted by atomic mass is 16.6. The van der Waals surface area contributed by atoms with Crippen LogP contribution in [0.1, 0.15) is 290 Å². The molecule has 0 spiro atoms. The van der Waals surface area contributed by atoms with E-state index in [-0.39, 0.29) is 18.5 Å². The molecule has 0 saturated heterocycles. The number of esters is 2. The molecule has 0 saturated carbocycles. The van der Waals surface area contributed by atoms with E-state index in [4.69, 9.17) is 14.2 Å². The molecule has 0 heterocycles. The highest BCUT2D eigenvalue weighted by Gasteiger charge is 2.17. The van der Waals surface area contributed by atoms with E-state index in [1.165, 1.54) is 212 Å². The molecule has 0 amide bonds. The van der Waals surface area contributed by atoms with Crippen molar-refractivity contribution in [1.82, 2.24) is 0 Å². The number of allylic oxidation sites excluding steroid dienone is 4. The molecular formula is C55H104O5. The van der Waals surface area contributed by atoms with E-state index in [1.807, 2.05) is 0 Å². The summed E-state index contributed by atoms with van der Waals surface area (Å²) in [6, 6.07) is 0. The van der Waals surface area contributed by atoms with Crippen molar-refractivity contribution in [2.45, 2.75) is 297 Å². The van der Waals surface area contributed by atoms with Gasteiger partial charge in [0.25, 0.3) is 0 Å². The lowest BCUT2D eigenvalue weighted by atomic mass is 10.0. The number of carbonyl (C=O) groups excluding carboxylic acids is 2. The molecule has 0 aliphatic heterocycles. The third kappa shape index (κ3) is 49.0. The van der Waals surface area contributed by atoms with Crippen LogP contribution in [0, 0.1) is 0 Å². The van der Waals surface area contributed by atoms with Gasteiger partial charge in [0.05, 0.1) is 6.61 Å². The van der Waals surface area contributed by atoms with E-state index >= 15 is 0 Å². The highest BCUT2D eigenvalue weighted by Crippen LogP contribution is 2.16. The fourth-order valence-corrected chi connectivity index (χ4v) is 7.95. The number of carbonyl (C=O) groups is 2. The van der Waals surface area contributed by atoms with Gasteiger partial charge in [0.2, 0.25) is 0 Å². The van der Waals surface area contributed by atoms with Gasteiger partial charge in [-0.1, -0.05) is 251 Å². The van der Waals surface area contributed by atoms with E-state index in [2.05, 4.69) is 45.1 Å². The average Bonchev–Trinajstić information content (AvgIpc) is 3.25. The number of hydrogen-bond acceptors (Lipinski definition) is 5. The van der Waals surface area contributed by atoms with E-state index in [0.29, 0.717) is 26.1 Å². The number of unbranched alkanes of at least 4 members (excludes halogenated alkanes) is 35. The zero-order valence-electron chi connectivity index (χ0n) is 40.7. The monoisotopic (exact) mass is 845 g/mol. The Morgan fingerprint density at radius 1 is 0.367 bits per heavy atom.